The Hall–Kier alpha value is -2.05. The van der Waals surface area contributed by atoms with Gasteiger partial charge in [0, 0.05) is 24.5 Å². The number of carbonyl (C=O) groups is 1. The fraction of sp³-hybridized carbons (Fsp3) is 0.350. The van der Waals surface area contributed by atoms with Gasteiger partial charge >= 0.3 is 0 Å². The summed E-state index contributed by atoms with van der Waals surface area (Å²) in [5, 5.41) is 3.08. The smallest absolute Gasteiger partial charge is 0.236 e. The van der Waals surface area contributed by atoms with Crippen LogP contribution in [-0.2, 0) is 4.79 Å². The van der Waals surface area contributed by atoms with Crippen LogP contribution in [0, 0.1) is 5.82 Å². The molecular formula is C20H23FN2O2S. The number of hydrogen-bond donors (Lipinski definition) is 1. The van der Waals surface area contributed by atoms with Crippen LogP contribution in [0.25, 0.3) is 0 Å². The Morgan fingerprint density at radius 2 is 2.08 bits per heavy atom. The van der Waals surface area contributed by atoms with Crippen molar-refractivity contribution in [1.82, 2.24) is 10.2 Å². The second-order valence-corrected chi connectivity index (χ2v) is 7.66. The van der Waals surface area contributed by atoms with Gasteiger partial charge in [-0.15, -0.1) is 11.8 Å². The van der Waals surface area contributed by atoms with Crippen LogP contribution in [0.3, 0.4) is 0 Å². The zero-order chi connectivity index (χ0) is 18.5. The Morgan fingerprint density at radius 3 is 2.77 bits per heavy atom. The van der Waals surface area contributed by atoms with Crippen LogP contribution >= 0.6 is 11.8 Å². The second-order valence-electron chi connectivity index (χ2n) is 6.24. The molecule has 1 saturated heterocycles. The standard InChI is InChI=1S/C20H23FN2O2S/c1-14(26-18-8-6-17(25-2)7-9-18)20(24)23-11-10-22-13-19(23)15-4-3-5-16(21)12-15/h3-9,12,14,19,22H,10-11,13H2,1-2H3. The first kappa shape index (κ1) is 18.7. The quantitative estimate of drug-likeness (QED) is 0.814. The molecule has 26 heavy (non-hydrogen) atoms. The van der Waals surface area contributed by atoms with E-state index in [0.717, 1.165) is 22.8 Å². The molecule has 1 amide bonds. The maximum atomic E-state index is 13.6. The number of piperazine rings is 1. The molecule has 2 aromatic rings. The normalized spacial score (nSPS) is 18.4. The largest absolute Gasteiger partial charge is 0.497 e. The molecule has 1 N–H and O–H groups in total. The Bertz CT molecular complexity index is 754. The zero-order valence-electron chi connectivity index (χ0n) is 14.9. The number of halogens is 1. The highest BCUT2D eigenvalue weighted by atomic mass is 32.2. The topological polar surface area (TPSA) is 41.6 Å². The minimum Gasteiger partial charge on any atom is -0.497 e. The van der Waals surface area contributed by atoms with Gasteiger partial charge in [-0.25, -0.2) is 4.39 Å². The third-order valence-electron chi connectivity index (χ3n) is 4.48. The van der Waals surface area contributed by atoms with Crippen molar-refractivity contribution in [3.63, 3.8) is 0 Å². The fourth-order valence-electron chi connectivity index (χ4n) is 3.12. The molecule has 0 spiro atoms. The van der Waals surface area contributed by atoms with Crippen molar-refractivity contribution in [2.75, 3.05) is 26.7 Å². The summed E-state index contributed by atoms with van der Waals surface area (Å²) in [4.78, 5) is 15.9. The van der Waals surface area contributed by atoms with Crippen molar-refractivity contribution in [1.29, 1.82) is 0 Å². The maximum Gasteiger partial charge on any atom is 0.236 e. The molecule has 4 nitrogen and oxygen atoms in total. The lowest BCUT2D eigenvalue weighted by Crippen LogP contribution is -2.50. The Morgan fingerprint density at radius 1 is 1.31 bits per heavy atom. The van der Waals surface area contributed by atoms with Crippen LogP contribution in [0.4, 0.5) is 4.39 Å². The number of methoxy groups -OCH3 is 1. The number of rotatable bonds is 5. The van der Waals surface area contributed by atoms with E-state index in [1.165, 1.54) is 23.9 Å². The van der Waals surface area contributed by atoms with E-state index < -0.39 is 0 Å². The van der Waals surface area contributed by atoms with Crippen molar-refractivity contribution in [2.24, 2.45) is 0 Å². The molecule has 6 heteroatoms. The van der Waals surface area contributed by atoms with Gasteiger partial charge in [0.25, 0.3) is 0 Å². The highest BCUT2D eigenvalue weighted by Gasteiger charge is 2.31. The highest BCUT2D eigenvalue weighted by molar-refractivity contribution is 8.00. The number of ether oxygens (including phenoxy) is 1. The van der Waals surface area contributed by atoms with Crippen LogP contribution in [0.1, 0.15) is 18.5 Å². The second kappa shape index (κ2) is 8.56. The lowest BCUT2D eigenvalue weighted by atomic mass is 10.0. The summed E-state index contributed by atoms with van der Waals surface area (Å²) in [7, 11) is 1.63. The lowest BCUT2D eigenvalue weighted by molar-refractivity contribution is -0.133. The van der Waals surface area contributed by atoms with Crippen molar-refractivity contribution >= 4 is 17.7 Å². The van der Waals surface area contributed by atoms with Gasteiger partial charge in [0.1, 0.15) is 11.6 Å². The Balaban J connectivity index is 1.72. The molecule has 2 unspecified atom stereocenters. The van der Waals surface area contributed by atoms with E-state index in [9.17, 15) is 9.18 Å². The molecule has 0 aromatic heterocycles. The predicted octanol–water partition coefficient (Wildman–Crippen LogP) is 3.49. The molecule has 2 atom stereocenters. The van der Waals surface area contributed by atoms with Gasteiger partial charge in [0.05, 0.1) is 18.4 Å². The Labute approximate surface area is 157 Å². The third kappa shape index (κ3) is 4.37. The molecule has 3 rings (SSSR count). The summed E-state index contributed by atoms with van der Waals surface area (Å²) in [5.41, 5.74) is 0.826. The predicted molar refractivity (Wildman–Crippen MR) is 102 cm³/mol. The number of nitrogens with zero attached hydrogens (tertiary/aromatic N) is 1. The summed E-state index contributed by atoms with van der Waals surface area (Å²) in [6.07, 6.45) is 0. The number of carbonyl (C=O) groups excluding carboxylic acids is 1. The number of benzene rings is 2. The van der Waals surface area contributed by atoms with E-state index in [0.29, 0.717) is 13.1 Å². The average Bonchev–Trinajstić information content (AvgIpc) is 2.68. The lowest BCUT2D eigenvalue weighted by Gasteiger charge is -2.38. The molecule has 1 heterocycles. The number of thioether (sulfide) groups is 1. The molecule has 0 radical (unpaired) electrons. The number of amides is 1. The molecule has 1 aliphatic heterocycles. The Kier molecular flexibility index (Phi) is 6.16. The van der Waals surface area contributed by atoms with Gasteiger partial charge in [-0.05, 0) is 48.9 Å². The minimum absolute atomic E-state index is 0.0709. The highest BCUT2D eigenvalue weighted by Crippen LogP contribution is 2.30. The van der Waals surface area contributed by atoms with Crippen molar-refractivity contribution in [3.8, 4) is 5.75 Å². The summed E-state index contributed by atoms with van der Waals surface area (Å²) in [5.74, 6) is 0.587. The maximum absolute atomic E-state index is 13.6. The zero-order valence-corrected chi connectivity index (χ0v) is 15.8. The number of hydrogen-bond acceptors (Lipinski definition) is 4. The molecule has 2 aromatic carbocycles. The van der Waals surface area contributed by atoms with Gasteiger partial charge in [-0.1, -0.05) is 12.1 Å². The van der Waals surface area contributed by atoms with Crippen molar-refractivity contribution < 1.29 is 13.9 Å². The third-order valence-corrected chi connectivity index (χ3v) is 5.58. The van der Waals surface area contributed by atoms with E-state index in [1.807, 2.05) is 42.2 Å². The summed E-state index contributed by atoms with van der Waals surface area (Å²) >= 11 is 1.52. The summed E-state index contributed by atoms with van der Waals surface area (Å²) < 4.78 is 18.8. The average molecular weight is 374 g/mol. The molecule has 138 valence electrons. The number of nitrogens with one attached hydrogen (secondary N) is 1. The molecule has 0 saturated carbocycles. The van der Waals surface area contributed by atoms with Crippen LogP contribution in [0.15, 0.2) is 53.4 Å². The van der Waals surface area contributed by atoms with Gasteiger partial charge in [0.2, 0.25) is 5.91 Å². The first-order chi connectivity index (χ1) is 12.6. The van der Waals surface area contributed by atoms with E-state index in [1.54, 1.807) is 13.2 Å². The van der Waals surface area contributed by atoms with E-state index >= 15 is 0 Å². The first-order valence-electron chi connectivity index (χ1n) is 8.66. The van der Waals surface area contributed by atoms with Gasteiger partial charge in [-0.3, -0.25) is 4.79 Å². The molecule has 1 aliphatic rings. The van der Waals surface area contributed by atoms with Crippen molar-refractivity contribution in [3.05, 3.63) is 59.9 Å². The molecule has 0 bridgehead atoms. The van der Waals surface area contributed by atoms with Crippen LogP contribution < -0.4 is 10.1 Å². The van der Waals surface area contributed by atoms with Crippen LogP contribution in [-0.4, -0.2) is 42.8 Å². The molecular weight excluding hydrogens is 351 g/mol. The molecule has 0 aliphatic carbocycles. The van der Waals surface area contributed by atoms with Crippen LogP contribution in [0.5, 0.6) is 5.75 Å². The van der Waals surface area contributed by atoms with E-state index in [4.69, 9.17) is 4.74 Å². The van der Waals surface area contributed by atoms with Crippen LogP contribution in [0.2, 0.25) is 0 Å². The van der Waals surface area contributed by atoms with Gasteiger partial charge < -0.3 is 15.0 Å². The summed E-state index contributed by atoms with van der Waals surface area (Å²) in [6, 6.07) is 14.0. The molecule has 1 fully saturated rings. The van der Waals surface area contributed by atoms with Gasteiger partial charge in [-0.2, -0.15) is 0 Å². The fourth-order valence-corrected chi connectivity index (χ4v) is 4.06. The SMILES string of the molecule is COc1ccc(SC(C)C(=O)N2CCNCC2c2cccc(F)c2)cc1. The monoisotopic (exact) mass is 374 g/mol. The first-order valence-corrected chi connectivity index (χ1v) is 9.54. The summed E-state index contributed by atoms with van der Waals surface area (Å²) in [6.45, 7) is 3.92. The van der Waals surface area contributed by atoms with E-state index in [-0.39, 0.29) is 23.0 Å². The van der Waals surface area contributed by atoms with Gasteiger partial charge in [0.15, 0.2) is 0 Å². The van der Waals surface area contributed by atoms with Crippen molar-refractivity contribution in [2.45, 2.75) is 23.1 Å². The van der Waals surface area contributed by atoms with E-state index in [2.05, 4.69) is 5.32 Å². The minimum atomic E-state index is -0.277.